The molecular weight excluding hydrogens is 1300 g/mol. The van der Waals surface area contributed by atoms with E-state index in [0.29, 0.717) is 21.6 Å². The first-order chi connectivity index (χ1) is 30.3. The number of benzene rings is 5. The molecule has 8 aromatic rings. The van der Waals surface area contributed by atoms with Gasteiger partial charge >= 0.3 is 18.2 Å². The first-order valence-electron chi connectivity index (χ1n) is 18.8. The number of amides is 4. The molecule has 351 valence electrons. The van der Waals surface area contributed by atoms with Gasteiger partial charge in [-0.25, -0.2) is 19.9 Å². The number of carbonyl (C=O) groups excluding carboxylic acids is 3. The molecule has 0 aliphatic heterocycles. The van der Waals surface area contributed by atoms with Crippen molar-refractivity contribution in [1.82, 2.24) is 15.6 Å². The van der Waals surface area contributed by atoms with E-state index >= 15 is 0 Å². The summed E-state index contributed by atoms with van der Waals surface area (Å²) in [5, 5.41) is 41.5. The second-order valence-electron chi connectivity index (χ2n) is 13.1. The third-order valence-electron chi connectivity index (χ3n) is 8.71. The minimum Gasteiger partial charge on any atom is -0.409 e. The van der Waals surface area contributed by atoms with Crippen molar-refractivity contribution < 1.29 is 63.1 Å². The number of nitrogens with one attached hydrogen (secondary N) is 1. The smallest absolute Gasteiger partial charge is 0.409 e. The molecule has 0 saturated heterocycles. The number of nitrogens with zero attached hydrogens (tertiary/aromatic N) is 2. The molecule has 13 nitrogen and oxygen atoms in total. The van der Waals surface area contributed by atoms with Gasteiger partial charge in [0.1, 0.15) is 11.5 Å². The number of ether oxygens (including phenoxy) is 2. The Morgan fingerprint density at radius 3 is 1.29 bits per heavy atom. The summed E-state index contributed by atoms with van der Waals surface area (Å²) < 4.78 is 13.2. The number of fused-ring (bicyclic) bond motifs is 3. The molecular formula is C45H46ClI3N4O9S3V. The fourth-order valence-corrected chi connectivity index (χ4v) is 8.67. The number of urea groups is 1. The summed E-state index contributed by atoms with van der Waals surface area (Å²) in [5.41, 5.74) is 6.36. The molecule has 3 heterocycles. The van der Waals surface area contributed by atoms with Crippen LogP contribution in [0.2, 0.25) is 0 Å². The van der Waals surface area contributed by atoms with Gasteiger partial charge in [0, 0.05) is 84.5 Å². The number of thiophene rings is 3. The van der Waals surface area contributed by atoms with Gasteiger partial charge in [-0.1, -0.05) is 91.0 Å². The van der Waals surface area contributed by atoms with Crippen LogP contribution in [0.15, 0.2) is 152 Å². The number of carbonyl (C=O) groups is 3. The van der Waals surface area contributed by atoms with Crippen molar-refractivity contribution in [2.45, 2.75) is 39.0 Å². The van der Waals surface area contributed by atoms with Crippen LogP contribution in [0.4, 0.5) is 14.4 Å². The van der Waals surface area contributed by atoms with Gasteiger partial charge in [-0.15, -0.1) is 70.4 Å². The first-order valence-corrected chi connectivity index (χ1v) is 27.5. The zero-order chi connectivity index (χ0) is 45.9. The van der Waals surface area contributed by atoms with E-state index < -0.39 is 30.3 Å². The maximum Gasteiger partial charge on any atom is 0.439 e. The first kappa shape index (κ1) is 60.7. The van der Waals surface area contributed by atoms with Crippen molar-refractivity contribution >= 4 is 156 Å². The Morgan fingerprint density at radius 2 is 0.924 bits per heavy atom. The number of hydrogen-bond acceptors (Lipinski definition) is 12. The molecule has 5 aromatic carbocycles. The molecule has 0 fully saturated rings. The Bertz CT molecular complexity index is 2570. The molecule has 0 aliphatic rings. The Labute approximate surface area is 452 Å². The van der Waals surface area contributed by atoms with E-state index in [0.717, 1.165) is 34.8 Å². The third-order valence-corrected chi connectivity index (χ3v) is 12.6. The predicted octanol–water partition coefficient (Wildman–Crippen LogP) is 14.5. The van der Waals surface area contributed by atoms with E-state index in [2.05, 4.69) is 54.1 Å². The summed E-state index contributed by atoms with van der Waals surface area (Å²) >= 11 is 8.99. The van der Waals surface area contributed by atoms with Crippen LogP contribution in [0.25, 0.3) is 30.3 Å². The number of primary amides is 1. The monoisotopic (exact) mass is 1350 g/mol. The van der Waals surface area contributed by atoms with E-state index in [-0.39, 0.29) is 61.0 Å². The predicted molar refractivity (Wildman–Crippen MR) is 290 cm³/mol. The molecule has 3 unspecified atom stereocenters. The second kappa shape index (κ2) is 31.7. The van der Waals surface area contributed by atoms with Crippen molar-refractivity contribution in [3.05, 3.63) is 166 Å². The summed E-state index contributed by atoms with van der Waals surface area (Å²) in [4.78, 5) is 36.1. The molecule has 0 spiro atoms. The van der Waals surface area contributed by atoms with Crippen molar-refractivity contribution in [2.24, 2.45) is 5.73 Å². The Morgan fingerprint density at radius 1 is 0.591 bits per heavy atom. The second-order valence-corrected chi connectivity index (χ2v) is 16.5. The van der Waals surface area contributed by atoms with Crippen molar-refractivity contribution in [3.8, 4) is 11.5 Å². The molecule has 3 aromatic heterocycles. The van der Waals surface area contributed by atoms with Crippen molar-refractivity contribution in [3.63, 3.8) is 0 Å². The van der Waals surface area contributed by atoms with Gasteiger partial charge in [0.05, 0.1) is 18.2 Å². The van der Waals surface area contributed by atoms with Crippen LogP contribution in [-0.4, -0.2) is 49.1 Å². The molecule has 3 atom stereocenters. The van der Waals surface area contributed by atoms with Crippen LogP contribution >= 0.6 is 108 Å². The van der Waals surface area contributed by atoms with Crippen LogP contribution in [0, 0.1) is 0 Å². The van der Waals surface area contributed by atoms with Crippen molar-refractivity contribution in [2.75, 3.05) is 0 Å². The van der Waals surface area contributed by atoms with E-state index in [1.807, 2.05) is 84.9 Å². The number of nitrogens with two attached hydrogens (primary N) is 1. The van der Waals surface area contributed by atoms with E-state index in [1.54, 1.807) is 109 Å². The molecule has 7 N–H and O–H groups in total. The van der Waals surface area contributed by atoms with Gasteiger partial charge in [0.15, 0.2) is 0 Å². The van der Waals surface area contributed by atoms with Crippen LogP contribution in [0.1, 0.15) is 53.6 Å². The summed E-state index contributed by atoms with van der Waals surface area (Å²) in [6.45, 7) is 5.29. The topological polar surface area (TPSA) is 195 Å². The SMILES string of the molecule is CC(O)c1cc2ccccc2s1.CC(c1cc2ccccc2s1)N(O)C(=O)Oc1ccccc1.CC(c1cc2ccccc2s1)N(O)C(N)=O.Cl.I.II.O=C(NO)Oc1ccccc1.[V]. The maximum atomic E-state index is 12.0. The van der Waals surface area contributed by atoms with Gasteiger partial charge in [-0.3, -0.25) is 15.6 Å². The number of hydroxylamine groups is 5. The third kappa shape index (κ3) is 18.6. The Kier molecular flexibility index (Phi) is 29.1. The average Bonchev–Trinajstić information content (AvgIpc) is 4.07. The molecule has 0 saturated carbocycles. The fraction of sp³-hybridized carbons (Fsp3) is 0.133. The van der Waals surface area contributed by atoms with E-state index in [1.165, 1.54) is 15.6 Å². The van der Waals surface area contributed by atoms with Gasteiger partial charge in [-0.05, 0) is 97.6 Å². The van der Waals surface area contributed by atoms with Gasteiger partial charge in [0.2, 0.25) is 0 Å². The van der Waals surface area contributed by atoms with Gasteiger partial charge in [-0.2, -0.15) is 10.1 Å². The van der Waals surface area contributed by atoms with Crippen LogP contribution in [0.3, 0.4) is 0 Å². The standard InChI is InChI=1S/C17H15NO3S.C11H12N2O2S.C10H10OS.C7H7NO3.ClH.I2.HI.V/c1-12(16-11-13-7-5-6-10-15(13)22-16)18(20)17(19)21-14-8-3-2-4-9-14;1-7(13(15)11(12)14)10-6-8-4-2-3-5-9(8)16-10;1-7(11)10-6-8-4-2-3-5-9(8)12-10;9-7(8-10)11-6-4-2-1-3-5-6;;1-2;;/h2-12,20H,1H3;2-7,15H,1H3,(H2,12,14);2-7,11H,1H3;1-5,10H,(H,8,9);1H;;1H;. The number of aliphatic hydroxyl groups is 1. The minimum atomic E-state index is -0.892. The number of rotatable bonds is 7. The average molecular weight is 1350 g/mol. The molecule has 21 heteroatoms. The number of hydrogen-bond donors (Lipinski definition) is 6. The summed E-state index contributed by atoms with van der Waals surface area (Å²) in [6.07, 6.45) is -2.03. The molecule has 66 heavy (non-hydrogen) atoms. The Hall–Kier alpha value is -3.31. The zero-order valence-corrected chi connectivity index (χ0v) is 46.5. The number of halogens is 4. The Balaban J connectivity index is 0.000000443. The number of para-hydroxylation sites is 2. The molecule has 8 rings (SSSR count). The van der Waals surface area contributed by atoms with Gasteiger partial charge < -0.3 is 20.3 Å². The molecule has 4 amide bonds. The zero-order valence-electron chi connectivity index (χ0n) is 35.2. The number of aliphatic hydroxyl groups excluding tert-OH is 1. The molecule has 0 bridgehead atoms. The van der Waals surface area contributed by atoms with E-state index in [4.69, 9.17) is 15.7 Å². The molecule has 1 radical (unpaired) electrons. The summed E-state index contributed by atoms with van der Waals surface area (Å²) in [6, 6.07) is 45.4. The van der Waals surface area contributed by atoms with Crippen LogP contribution in [0.5, 0.6) is 11.5 Å². The van der Waals surface area contributed by atoms with E-state index in [9.17, 15) is 29.9 Å². The van der Waals surface area contributed by atoms with Gasteiger partial charge in [0.25, 0.3) is 0 Å². The van der Waals surface area contributed by atoms with Crippen LogP contribution < -0.4 is 20.7 Å². The normalized spacial score (nSPS) is 11.1. The summed E-state index contributed by atoms with van der Waals surface area (Å²) in [5.74, 6) is 0.786. The molecule has 0 aliphatic carbocycles. The fourth-order valence-electron chi connectivity index (χ4n) is 5.47. The quantitative estimate of drug-likeness (QED) is 0.0511. The summed E-state index contributed by atoms with van der Waals surface area (Å²) in [7, 11) is 0. The minimum absolute atomic E-state index is 0. The van der Waals surface area contributed by atoms with Crippen LogP contribution in [-0.2, 0) is 18.6 Å². The largest absolute Gasteiger partial charge is 0.439 e. The maximum absolute atomic E-state index is 12.0. The van der Waals surface area contributed by atoms with Crippen molar-refractivity contribution in [1.29, 1.82) is 0 Å².